The molecule has 0 spiro atoms. The van der Waals surface area contributed by atoms with Gasteiger partial charge >= 0.3 is 0 Å². The molecule has 92 valence electrons. The predicted octanol–water partition coefficient (Wildman–Crippen LogP) is 3.56. The zero-order chi connectivity index (χ0) is 12.4. The van der Waals surface area contributed by atoms with Crippen LogP contribution in [0.1, 0.15) is 42.9 Å². The van der Waals surface area contributed by atoms with E-state index in [1.54, 1.807) is 6.92 Å². The highest BCUT2D eigenvalue weighted by Gasteiger charge is 2.18. The first-order valence-corrected chi connectivity index (χ1v) is 6.90. The summed E-state index contributed by atoms with van der Waals surface area (Å²) in [5.74, 6) is 0.335. The molecule has 1 aliphatic rings. The molecule has 1 aromatic carbocycles. The molecular formula is C14H17BrO2. The fourth-order valence-electron chi connectivity index (χ4n) is 2.48. The standard InChI is InChI=1S/C14H17BrO2/c1-9(16)7-11-8-10-5-3-2-4-6-12(10)13(15)14(11)17/h8,17H,2-7H2,1H3. The summed E-state index contributed by atoms with van der Waals surface area (Å²) >= 11 is 3.48. The second kappa shape index (κ2) is 5.21. The Kier molecular flexibility index (Phi) is 3.87. The van der Waals surface area contributed by atoms with E-state index >= 15 is 0 Å². The van der Waals surface area contributed by atoms with E-state index in [2.05, 4.69) is 15.9 Å². The third kappa shape index (κ3) is 2.71. The number of hydrogen-bond acceptors (Lipinski definition) is 2. The molecule has 0 fully saturated rings. The molecule has 0 aliphatic heterocycles. The van der Waals surface area contributed by atoms with Crippen LogP contribution in [0.25, 0.3) is 0 Å². The Morgan fingerprint density at radius 3 is 2.76 bits per heavy atom. The van der Waals surface area contributed by atoms with Gasteiger partial charge in [-0.05, 0) is 59.7 Å². The number of benzene rings is 1. The summed E-state index contributed by atoms with van der Waals surface area (Å²) < 4.78 is 0.799. The lowest BCUT2D eigenvalue weighted by molar-refractivity contribution is -0.116. The van der Waals surface area contributed by atoms with Gasteiger partial charge < -0.3 is 5.11 Å². The highest BCUT2D eigenvalue weighted by molar-refractivity contribution is 9.10. The molecule has 2 rings (SSSR count). The third-order valence-corrected chi connectivity index (χ3v) is 4.18. The lowest BCUT2D eigenvalue weighted by Crippen LogP contribution is -2.01. The van der Waals surface area contributed by atoms with Crippen LogP contribution in [0.4, 0.5) is 0 Å². The minimum atomic E-state index is 0.0840. The quantitative estimate of drug-likeness (QED) is 0.848. The summed E-state index contributed by atoms with van der Waals surface area (Å²) in [6.45, 7) is 1.55. The maximum absolute atomic E-state index is 11.2. The van der Waals surface area contributed by atoms with Crippen LogP contribution in [-0.2, 0) is 24.1 Å². The zero-order valence-corrected chi connectivity index (χ0v) is 11.6. The van der Waals surface area contributed by atoms with Gasteiger partial charge in [0.1, 0.15) is 11.5 Å². The van der Waals surface area contributed by atoms with E-state index < -0.39 is 0 Å². The van der Waals surface area contributed by atoms with E-state index in [1.165, 1.54) is 30.4 Å². The molecule has 3 heteroatoms. The number of rotatable bonds is 2. The van der Waals surface area contributed by atoms with Crippen LogP contribution in [0.2, 0.25) is 0 Å². The SMILES string of the molecule is CC(=O)Cc1cc2c(c(Br)c1O)CCCCC2. The van der Waals surface area contributed by atoms with Crippen molar-refractivity contribution in [3.05, 3.63) is 27.2 Å². The normalized spacial score (nSPS) is 15.2. The average molecular weight is 297 g/mol. The number of hydrogen-bond donors (Lipinski definition) is 1. The Labute approximate surface area is 110 Å². The number of carbonyl (C=O) groups is 1. The average Bonchev–Trinajstić information content (AvgIpc) is 2.50. The van der Waals surface area contributed by atoms with Crippen molar-refractivity contribution in [3.8, 4) is 5.75 Å². The van der Waals surface area contributed by atoms with Gasteiger partial charge in [0.2, 0.25) is 0 Å². The number of carbonyl (C=O) groups excluding carboxylic acids is 1. The molecule has 0 unspecified atom stereocenters. The van der Waals surface area contributed by atoms with Crippen LogP contribution in [0, 0.1) is 0 Å². The van der Waals surface area contributed by atoms with Crippen LogP contribution in [0.15, 0.2) is 10.5 Å². The molecule has 0 heterocycles. The second-order valence-corrected chi connectivity index (χ2v) is 5.57. The topological polar surface area (TPSA) is 37.3 Å². The molecule has 0 radical (unpaired) electrons. The van der Waals surface area contributed by atoms with Gasteiger partial charge in [-0.3, -0.25) is 4.79 Å². The van der Waals surface area contributed by atoms with E-state index in [0.717, 1.165) is 22.9 Å². The Hall–Kier alpha value is -0.830. The highest BCUT2D eigenvalue weighted by atomic mass is 79.9. The largest absolute Gasteiger partial charge is 0.506 e. The summed E-state index contributed by atoms with van der Waals surface area (Å²) in [5.41, 5.74) is 3.28. The van der Waals surface area contributed by atoms with E-state index in [1.807, 2.05) is 6.07 Å². The van der Waals surface area contributed by atoms with Gasteiger partial charge in [0.15, 0.2) is 0 Å². The first-order chi connectivity index (χ1) is 8.09. The van der Waals surface area contributed by atoms with Crippen LogP contribution in [0.3, 0.4) is 0 Å². The predicted molar refractivity (Wildman–Crippen MR) is 71.5 cm³/mol. The van der Waals surface area contributed by atoms with Crippen LogP contribution >= 0.6 is 15.9 Å². The molecule has 1 N–H and O–H groups in total. The molecule has 17 heavy (non-hydrogen) atoms. The molecule has 1 aromatic rings. The van der Waals surface area contributed by atoms with E-state index in [0.29, 0.717) is 6.42 Å². The van der Waals surface area contributed by atoms with Crippen molar-refractivity contribution in [2.45, 2.75) is 45.4 Å². The van der Waals surface area contributed by atoms with Crippen molar-refractivity contribution < 1.29 is 9.90 Å². The number of phenolic OH excluding ortho intramolecular Hbond substituents is 1. The minimum Gasteiger partial charge on any atom is -0.506 e. The fraction of sp³-hybridized carbons (Fsp3) is 0.500. The molecule has 0 atom stereocenters. The molecule has 1 aliphatic carbocycles. The molecular weight excluding hydrogens is 280 g/mol. The summed E-state index contributed by atoms with van der Waals surface area (Å²) in [6, 6.07) is 2.02. The molecule has 0 bridgehead atoms. The molecule has 0 saturated carbocycles. The van der Waals surface area contributed by atoms with Gasteiger partial charge in [-0.15, -0.1) is 0 Å². The van der Waals surface area contributed by atoms with Crippen molar-refractivity contribution in [2.75, 3.05) is 0 Å². The van der Waals surface area contributed by atoms with E-state index in [4.69, 9.17) is 0 Å². The highest BCUT2D eigenvalue weighted by Crippen LogP contribution is 2.37. The minimum absolute atomic E-state index is 0.0840. The number of ketones is 1. The van der Waals surface area contributed by atoms with Gasteiger partial charge in [0, 0.05) is 12.0 Å². The number of aromatic hydroxyl groups is 1. The number of aryl methyl sites for hydroxylation is 1. The van der Waals surface area contributed by atoms with E-state index in [9.17, 15) is 9.90 Å². The van der Waals surface area contributed by atoms with Gasteiger partial charge in [0.25, 0.3) is 0 Å². The summed E-state index contributed by atoms with van der Waals surface area (Å²) in [4.78, 5) is 11.2. The Balaban J connectivity index is 2.47. The Morgan fingerprint density at radius 1 is 1.35 bits per heavy atom. The maximum Gasteiger partial charge on any atom is 0.134 e. The Bertz CT molecular complexity index is 452. The van der Waals surface area contributed by atoms with Crippen molar-refractivity contribution in [2.24, 2.45) is 0 Å². The van der Waals surface area contributed by atoms with Crippen molar-refractivity contribution in [3.63, 3.8) is 0 Å². The summed E-state index contributed by atoms with van der Waals surface area (Å²) in [6.07, 6.45) is 6.01. The van der Waals surface area contributed by atoms with E-state index in [-0.39, 0.29) is 11.5 Å². The van der Waals surface area contributed by atoms with Gasteiger partial charge in [-0.25, -0.2) is 0 Å². The number of Topliss-reactive ketones (excluding diaryl/α,β-unsaturated/α-hetero) is 1. The van der Waals surface area contributed by atoms with Gasteiger partial charge in [-0.1, -0.05) is 12.5 Å². The fourth-order valence-corrected chi connectivity index (χ4v) is 3.19. The number of phenols is 1. The van der Waals surface area contributed by atoms with Crippen molar-refractivity contribution >= 4 is 21.7 Å². The lowest BCUT2D eigenvalue weighted by Gasteiger charge is -2.13. The number of fused-ring (bicyclic) bond motifs is 1. The molecule has 0 amide bonds. The second-order valence-electron chi connectivity index (χ2n) is 4.78. The van der Waals surface area contributed by atoms with Crippen LogP contribution in [-0.4, -0.2) is 10.9 Å². The third-order valence-electron chi connectivity index (χ3n) is 3.33. The molecule has 2 nitrogen and oxygen atoms in total. The first kappa shape index (κ1) is 12.6. The molecule has 0 saturated heterocycles. The number of halogens is 1. The summed E-state index contributed by atoms with van der Waals surface area (Å²) in [5, 5.41) is 10.1. The lowest BCUT2D eigenvalue weighted by atomic mass is 9.97. The smallest absolute Gasteiger partial charge is 0.134 e. The van der Waals surface area contributed by atoms with Gasteiger partial charge in [-0.2, -0.15) is 0 Å². The molecule has 0 aromatic heterocycles. The zero-order valence-electron chi connectivity index (χ0n) is 10.1. The van der Waals surface area contributed by atoms with Gasteiger partial charge in [0.05, 0.1) is 4.47 Å². The Morgan fingerprint density at radius 2 is 2.06 bits per heavy atom. The summed E-state index contributed by atoms with van der Waals surface area (Å²) in [7, 11) is 0. The van der Waals surface area contributed by atoms with Crippen molar-refractivity contribution in [1.82, 2.24) is 0 Å². The van der Waals surface area contributed by atoms with Crippen LogP contribution < -0.4 is 0 Å². The van der Waals surface area contributed by atoms with Crippen molar-refractivity contribution in [1.29, 1.82) is 0 Å². The van der Waals surface area contributed by atoms with Crippen LogP contribution in [0.5, 0.6) is 5.75 Å². The maximum atomic E-state index is 11.2. The monoisotopic (exact) mass is 296 g/mol. The first-order valence-electron chi connectivity index (χ1n) is 6.11.